The largest absolute Gasteiger partial charge is 0.376 e. The smallest absolute Gasteiger partial charge is 0.327 e. The molecule has 2 rings (SSSR count). The van der Waals surface area contributed by atoms with Crippen molar-refractivity contribution in [2.45, 2.75) is 12.3 Å². The van der Waals surface area contributed by atoms with Crippen LogP contribution in [0.15, 0.2) is 25.3 Å². The minimum atomic E-state index is -0.648. The lowest BCUT2D eigenvalue weighted by Crippen LogP contribution is -2.47. The van der Waals surface area contributed by atoms with Crippen LogP contribution in [-0.4, -0.2) is 80.8 Å². The van der Waals surface area contributed by atoms with Crippen molar-refractivity contribution in [1.82, 2.24) is 19.6 Å². The van der Waals surface area contributed by atoms with Crippen LogP contribution in [0.5, 0.6) is 0 Å². The molecule has 0 aromatic rings. The van der Waals surface area contributed by atoms with Gasteiger partial charge in [0.1, 0.15) is 13.5 Å². The van der Waals surface area contributed by atoms with E-state index in [4.69, 9.17) is 0 Å². The fourth-order valence-electron chi connectivity index (χ4n) is 2.70. The Hall–Kier alpha value is -2.06. The molecule has 0 bridgehead atoms. The Kier molecular flexibility index (Phi) is 3.96. The van der Waals surface area contributed by atoms with Crippen molar-refractivity contribution < 1.29 is 19.8 Å². The Morgan fingerprint density at radius 3 is 1.50 bits per heavy atom. The first-order valence-corrected chi connectivity index (χ1v) is 6.20. The summed E-state index contributed by atoms with van der Waals surface area (Å²) >= 11 is 0. The Balaban J connectivity index is 2.42. The van der Waals surface area contributed by atoms with E-state index in [1.54, 1.807) is 12.2 Å². The molecule has 2 saturated heterocycles. The third-order valence-electron chi connectivity index (χ3n) is 3.48. The number of aliphatic hydroxyl groups excluding tert-OH is 2. The Bertz CT molecular complexity index is 405. The summed E-state index contributed by atoms with van der Waals surface area (Å²) in [5, 5.41) is 18.8. The van der Waals surface area contributed by atoms with Gasteiger partial charge in [0.25, 0.3) is 0 Å². The van der Waals surface area contributed by atoms with E-state index in [9.17, 15) is 19.8 Å². The number of fused-ring (bicyclic) bond motifs is 1. The van der Waals surface area contributed by atoms with E-state index < -0.39 is 31.8 Å². The zero-order chi connectivity index (χ0) is 14.9. The van der Waals surface area contributed by atoms with Crippen LogP contribution < -0.4 is 0 Å². The highest BCUT2D eigenvalue weighted by Gasteiger charge is 2.58. The molecule has 2 aliphatic heterocycles. The fourth-order valence-corrected chi connectivity index (χ4v) is 2.70. The van der Waals surface area contributed by atoms with Crippen molar-refractivity contribution in [2.24, 2.45) is 0 Å². The van der Waals surface area contributed by atoms with Gasteiger partial charge < -0.3 is 10.2 Å². The zero-order valence-electron chi connectivity index (χ0n) is 11.1. The average Bonchev–Trinajstić information content (AvgIpc) is 2.85. The molecule has 8 heteroatoms. The van der Waals surface area contributed by atoms with Gasteiger partial charge in [0.2, 0.25) is 0 Å². The molecule has 2 fully saturated rings. The molecule has 2 N–H and O–H groups in total. The van der Waals surface area contributed by atoms with E-state index in [-0.39, 0.29) is 19.1 Å². The monoisotopic (exact) mass is 282 g/mol. The van der Waals surface area contributed by atoms with E-state index in [1.807, 2.05) is 0 Å². The molecule has 0 spiro atoms. The van der Waals surface area contributed by atoms with Gasteiger partial charge in [0, 0.05) is 13.1 Å². The summed E-state index contributed by atoms with van der Waals surface area (Å²) in [7, 11) is 0. The molecule has 2 aliphatic rings. The molecule has 0 radical (unpaired) electrons. The molecule has 2 heterocycles. The molecule has 110 valence electrons. The molecule has 2 unspecified atom stereocenters. The Morgan fingerprint density at radius 2 is 1.20 bits per heavy atom. The number of carbonyl (C=O) groups is 2. The van der Waals surface area contributed by atoms with Gasteiger partial charge in [0.15, 0.2) is 12.3 Å². The molecular formula is C12H18N4O4. The molecular weight excluding hydrogens is 264 g/mol. The minimum absolute atomic E-state index is 0.247. The van der Waals surface area contributed by atoms with Crippen molar-refractivity contribution in [1.29, 1.82) is 0 Å². The highest BCUT2D eigenvalue weighted by molar-refractivity contribution is 5.85. The third-order valence-corrected chi connectivity index (χ3v) is 3.48. The van der Waals surface area contributed by atoms with Crippen LogP contribution in [0, 0.1) is 0 Å². The van der Waals surface area contributed by atoms with Gasteiger partial charge in [-0.2, -0.15) is 0 Å². The third kappa shape index (κ3) is 1.84. The first-order valence-electron chi connectivity index (χ1n) is 6.20. The van der Waals surface area contributed by atoms with Crippen LogP contribution in [0.2, 0.25) is 0 Å². The van der Waals surface area contributed by atoms with Crippen molar-refractivity contribution in [3.05, 3.63) is 25.3 Å². The SMILES string of the molecule is C=CCN1C(=O)N(CC=C)C2C1N(CO)C(=O)N2CO. The van der Waals surface area contributed by atoms with E-state index >= 15 is 0 Å². The van der Waals surface area contributed by atoms with Crippen LogP contribution in [0.25, 0.3) is 0 Å². The number of nitrogens with zero attached hydrogens (tertiary/aromatic N) is 4. The number of hydrogen-bond acceptors (Lipinski definition) is 4. The summed E-state index contributed by atoms with van der Waals surface area (Å²) in [5.41, 5.74) is 0. The molecule has 0 aromatic carbocycles. The second kappa shape index (κ2) is 5.51. The molecule has 0 saturated carbocycles. The van der Waals surface area contributed by atoms with Crippen molar-refractivity contribution >= 4 is 12.1 Å². The predicted molar refractivity (Wildman–Crippen MR) is 70.0 cm³/mol. The van der Waals surface area contributed by atoms with Crippen molar-refractivity contribution in [3.63, 3.8) is 0 Å². The molecule has 0 aromatic heterocycles. The van der Waals surface area contributed by atoms with Crippen LogP contribution >= 0.6 is 0 Å². The van der Waals surface area contributed by atoms with E-state index in [0.717, 1.165) is 9.80 Å². The number of amides is 4. The predicted octanol–water partition coefficient (Wildman–Crippen LogP) is -0.615. The molecule has 8 nitrogen and oxygen atoms in total. The van der Waals surface area contributed by atoms with Gasteiger partial charge in [-0.05, 0) is 0 Å². The van der Waals surface area contributed by atoms with Gasteiger partial charge in [-0.25, -0.2) is 9.59 Å². The maximum atomic E-state index is 12.4. The van der Waals surface area contributed by atoms with Crippen LogP contribution in [0.4, 0.5) is 9.59 Å². The summed E-state index contributed by atoms with van der Waals surface area (Å²) < 4.78 is 0. The quantitative estimate of drug-likeness (QED) is 0.636. The molecule has 2 atom stereocenters. The van der Waals surface area contributed by atoms with Crippen LogP contribution in [0.3, 0.4) is 0 Å². The maximum Gasteiger partial charge on any atom is 0.327 e. The van der Waals surface area contributed by atoms with E-state index in [0.29, 0.717) is 0 Å². The lowest BCUT2D eigenvalue weighted by Gasteiger charge is -2.27. The fraction of sp³-hybridized carbons (Fsp3) is 0.500. The highest BCUT2D eigenvalue weighted by atomic mass is 16.3. The number of aliphatic hydroxyl groups is 2. The summed E-state index contributed by atoms with van der Waals surface area (Å²) in [6.45, 7) is 6.62. The van der Waals surface area contributed by atoms with E-state index in [1.165, 1.54) is 9.80 Å². The minimum Gasteiger partial charge on any atom is -0.376 e. The Morgan fingerprint density at radius 1 is 0.850 bits per heavy atom. The van der Waals surface area contributed by atoms with Gasteiger partial charge in [-0.1, -0.05) is 12.2 Å². The summed E-state index contributed by atoms with van der Waals surface area (Å²) in [5.74, 6) is 0. The highest BCUT2D eigenvalue weighted by Crippen LogP contribution is 2.34. The number of rotatable bonds is 6. The van der Waals surface area contributed by atoms with Gasteiger partial charge in [-0.15, -0.1) is 13.2 Å². The van der Waals surface area contributed by atoms with Gasteiger partial charge in [-0.3, -0.25) is 19.6 Å². The summed E-state index contributed by atoms with van der Waals surface area (Å²) in [6, 6.07) is -0.801. The Labute approximate surface area is 116 Å². The molecule has 20 heavy (non-hydrogen) atoms. The zero-order valence-corrected chi connectivity index (χ0v) is 11.1. The van der Waals surface area contributed by atoms with Crippen molar-refractivity contribution in [3.8, 4) is 0 Å². The normalized spacial score (nSPS) is 25.5. The van der Waals surface area contributed by atoms with Gasteiger partial charge >= 0.3 is 12.1 Å². The number of hydrogen-bond donors (Lipinski definition) is 2. The first kappa shape index (κ1) is 14.4. The summed E-state index contributed by atoms with van der Waals surface area (Å²) in [6.07, 6.45) is 1.80. The van der Waals surface area contributed by atoms with Crippen LogP contribution in [0.1, 0.15) is 0 Å². The average molecular weight is 282 g/mol. The second-order valence-electron chi connectivity index (χ2n) is 4.50. The summed E-state index contributed by atoms with van der Waals surface area (Å²) in [4.78, 5) is 29.6. The van der Waals surface area contributed by atoms with E-state index in [2.05, 4.69) is 13.2 Å². The van der Waals surface area contributed by atoms with Gasteiger partial charge in [0.05, 0.1) is 0 Å². The first-order chi connectivity index (χ1) is 9.62. The van der Waals surface area contributed by atoms with Crippen molar-refractivity contribution in [2.75, 3.05) is 26.6 Å². The standard InChI is InChI=1S/C12H18N4O4/c1-3-5-13-9-10(14(6-4-2)11(13)19)16(8-18)12(20)15(9)7-17/h3-4,9-10,17-18H,1-2,5-8H2. The lowest BCUT2D eigenvalue weighted by atomic mass is 10.3. The number of carbonyl (C=O) groups excluding carboxylic acids is 2. The lowest BCUT2D eigenvalue weighted by molar-refractivity contribution is 0.0582. The second-order valence-corrected chi connectivity index (χ2v) is 4.50. The molecule has 4 amide bonds. The topological polar surface area (TPSA) is 87.6 Å². The van der Waals surface area contributed by atoms with Crippen LogP contribution in [-0.2, 0) is 0 Å². The molecule has 0 aliphatic carbocycles. The maximum absolute atomic E-state index is 12.4. The number of urea groups is 2.